The molecule has 12 heteroatoms. The number of amides is 2. The number of anilines is 1. The van der Waals surface area contributed by atoms with Crippen molar-refractivity contribution in [1.29, 1.82) is 0 Å². The van der Waals surface area contributed by atoms with Gasteiger partial charge in [-0.05, 0) is 84.6 Å². The second-order valence-corrected chi connectivity index (χ2v) is 14.2. The molecule has 0 spiro atoms. The van der Waals surface area contributed by atoms with Crippen LogP contribution >= 0.6 is 23.2 Å². The zero-order chi connectivity index (χ0) is 34.8. The first kappa shape index (κ1) is 36.7. The molecule has 2 amide bonds. The number of hydrogen-bond donors (Lipinski definition) is 1. The zero-order valence-electron chi connectivity index (χ0n) is 26.9. The molecule has 48 heavy (non-hydrogen) atoms. The van der Waals surface area contributed by atoms with E-state index < -0.39 is 40.2 Å². The lowest BCUT2D eigenvalue weighted by Crippen LogP contribution is -2.53. The van der Waals surface area contributed by atoms with Gasteiger partial charge in [0.1, 0.15) is 24.2 Å². The molecule has 0 fully saturated rings. The first-order valence-electron chi connectivity index (χ1n) is 15.4. The Kier molecular flexibility index (Phi) is 12.9. The van der Waals surface area contributed by atoms with Gasteiger partial charge in [0, 0.05) is 19.5 Å². The molecule has 0 radical (unpaired) electrons. The Morgan fingerprint density at radius 2 is 1.54 bits per heavy atom. The molecule has 4 aromatic carbocycles. The van der Waals surface area contributed by atoms with Crippen LogP contribution in [0.25, 0.3) is 0 Å². The lowest BCUT2D eigenvalue weighted by Gasteiger charge is -2.34. The summed E-state index contributed by atoms with van der Waals surface area (Å²) in [6, 6.07) is 23.7. The summed E-state index contributed by atoms with van der Waals surface area (Å²) < 4.78 is 48.5. The third-order valence-electron chi connectivity index (χ3n) is 7.41. The maximum Gasteiger partial charge on any atom is 0.264 e. The number of sulfonamides is 1. The fourth-order valence-corrected chi connectivity index (χ4v) is 6.68. The summed E-state index contributed by atoms with van der Waals surface area (Å²) in [6.45, 7) is 5.77. The normalized spacial score (nSPS) is 12.0. The first-order valence-corrected chi connectivity index (χ1v) is 17.6. The number of rotatable bonds is 15. The minimum absolute atomic E-state index is 0.0734. The van der Waals surface area contributed by atoms with Crippen LogP contribution in [0.4, 0.5) is 10.1 Å². The Bertz CT molecular complexity index is 1790. The maximum absolute atomic E-state index is 14.6. The van der Waals surface area contributed by atoms with Crippen LogP contribution in [0, 0.1) is 11.7 Å². The van der Waals surface area contributed by atoms with Gasteiger partial charge in [-0.25, -0.2) is 12.8 Å². The SMILES string of the molecule is CCOc1ccc(N(CC(=O)N(Cc2ccc(Cl)c(Cl)c2)[C@@H](Cc2ccccc2)C(=O)NCC(C)C)S(=O)(=O)c2ccc(F)cc2)cc1. The van der Waals surface area contributed by atoms with Crippen molar-refractivity contribution in [2.75, 3.05) is 24.0 Å². The van der Waals surface area contributed by atoms with Crippen LogP contribution in [0.1, 0.15) is 31.9 Å². The van der Waals surface area contributed by atoms with Crippen molar-refractivity contribution in [3.63, 3.8) is 0 Å². The van der Waals surface area contributed by atoms with Crippen LogP contribution in [0.5, 0.6) is 5.75 Å². The molecule has 0 heterocycles. The van der Waals surface area contributed by atoms with Crippen molar-refractivity contribution in [1.82, 2.24) is 10.2 Å². The molecule has 0 saturated heterocycles. The van der Waals surface area contributed by atoms with Crippen molar-refractivity contribution in [2.24, 2.45) is 5.92 Å². The second kappa shape index (κ2) is 16.8. The van der Waals surface area contributed by atoms with Gasteiger partial charge >= 0.3 is 0 Å². The molecule has 254 valence electrons. The Balaban J connectivity index is 1.81. The Morgan fingerprint density at radius 3 is 2.15 bits per heavy atom. The summed E-state index contributed by atoms with van der Waals surface area (Å²) in [7, 11) is -4.40. The lowest BCUT2D eigenvalue weighted by atomic mass is 10.0. The van der Waals surface area contributed by atoms with Gasteiger partial charge in [0.25, 0.3) is 10.0 Å². The fraction of sp³-hybridized carbons (Fsp3) is 0.278. The van der Waals surface area contributed by atoms with E-state index in [1.165, 1.54) is 17.0 Å². The molecule has 0 saturated carbocycles. The molecule has 0 bridgehead atoms. The predicted molar refractivity (Wildman–Crippen MR) is 187 cm³/mol. The molecule has 0 unspecified atom stereocenters. The van der Waals surface area contributed by atoms with Crippen molar-refractivity contribution < 1.29 is 27.1 Å². The van der Waals surface area contributed by atoms with Gasteiger partial charge in [0.05, 0.1) is 27.2 Å². The van der Waals surface area contributed by atoms with Gasteiger partial charge in [-0.2, -0.15) is 0 Å². The van der Waals surface area contributed by atoms with E-state index in [1.807, 2.05) is 51.1 Å². The van der Waals surface area contributed by atoms with Crippen LogP contribution < -0.4 is 14.4 Å². The predicted octanol–water partition coefficient (Wildman–Crippen LogP) is 7.14. The van der Waals surface area contributed by atoms with Crippen molar-refractivity contribution >= 4 is 50.7 Å². The summed E-state index contributed by atoms with van der Waals surface area (Å²) in [5, 5.41) is 3.53. The van der Waals surface area contributed by atoms with E-state index in [2.05, 4.69) is 5.32 Å². The number of halogens is 3. The molecule has 0 aliphatic heterocycles. The Morgan fingerprint density at radius 1 is 0.875 bits per heavy atom. The number of benzene rings is 4. The minimum Gasteiger partial charge on any atom is -0.494 e. The molecule has 4 aromatic rings. The number of nitrogens with one attached hydrogen (secondary N) is 1. The molecular formula is C36H38Cl2FN3O5S. The van der Waals surface area contributed by atoms with Crippen molar-refractivity contribution in [3.8, 4) is 5.75 Å². The van der Waals surface area contributed by atoms with Crippen LogP contribution in [-0.2, 0) is 32.6 Å². The summed E-state index contributed by atoms with van der Waals surface area (Å²) in [4.78, 5) is 29.6. The van der Waals surface area contributed by atoms with E-state index in [-0.39, 0.29) is 34.5 Å². The molecule has 0 aromatic heterocycles. The standard InChI is InChI=1S/C36H38Cl2FN3O5S/c1-4-47-30-15-13-29(14-16-30)42(48(45,46)31-17-11-28(39)12-18-31)24-35(43)41(23-27-10-19-32(37)33(38)20-27)34(36(44)40-22-25(2)3)21-26-8-6-5-7-9-26/h5-20,25,34H,4,21-24H2,1-3H3,(H,40,44)/t34-/m0/s1. The first-order chi connectivity index (χ1) is 22.9. The topological polar surface area (TPSA) is 96.0 Å². The van der Waals surface area contributed by atoms with Crippen LogP contribution in [0.15, 0.2) is 102 Å². The van der Waals surface area contributed by atoms with E-state index in [4.69, 9.17) is 27.9 Å². The van der Waals surface area contributed by atoms with Crippen LogP contribution in [-0.4, -0.2) is 50.9 Å². The van der Waals surface area contributed by atoms with Crippen molar-refractivity contribution in [2.45, 2.75) is 44.7 Å². The van der Waals surface area contributed by atoms with Gasteiger partial charge in [-0.15, -0.1) is 0 Å². The zero-order valence-corrected chi connectivity index (χ0v) is 29.2. The maximum atomic E-state index is 14.6. The van der Waals surface area contributed by atoms with Gasteiger partial charge in [-0.3, -0.25) is 13.9 Å². The average Bonchev–Trinajstić information content (AvgIpc) is 3.06. The number of hydrogen-bond acceptors (Lipinski definition) is 5. The summed E-state index contributed by atoms with van der Waals surface area (Å²) in [5.74, 6) is -1.00. The van der Waals surface area contributed by atoms with Crippen LogP contribution in [0.3, 0.4) is 0 Å². The second-order valence-electron chi connectivity index (χ2n) is 11.5. The lowest BCUT2D eigenvalue weighted by molar-refractivity contribution is -0.140. The highest BCUT2D eigenvalue weighted by atomic mass is 35.5. The van der Waals surface area contributed by atoms with Gasteiger partial charge in [-0.1, -0.05) is 73.4 Å². The fourth-order valence-electron chi connectivity index (χ4n) is 4.95. The quantitative estimate of drug-likeness (QED) is 0.141. The summed E-state index contributed by atoms with van der Waals surface area (Å²) in [6.07, 6.45) is 0.158. The highest BCUT2D eigenvalue weighted by Gasteiger charge is 2.35. The molecule has 0 aliphatic carbocycles. The summed E-state index contributed by atoms with van der Waals surface area (Å²) >= 11 is 12.5. The van der Waals surface area contributed by atoms with Crippen LogP contribution in [0.2, 0.25) is 10.0 Å². The Hall–Kier alpha value is -4.12. The molecular weight excluding hydrogens is 676 g/mol. The van der Waals surface area contributed by atoms with E-state index in [0.29, 0.717) is 29.5 Å². The Labute approximate surface area is 291 Å². The number of carbonyl (C=O) groups is 2. The smallest absolute Gasteiger partial charge is 0.264 e. The molecule has 8 nitrogen and oxygen atoms in total. The third kappa shape index (κ3) is 9.71. The van der Waals surface area contributed by atoms with E-state index >= 15 is 0 Å². The van der Waals surface area contributed by atoms with E-state index in [1.54, 1.807) is 30.3 Å². The van der Waals surface area contributed by atoms with Gasteiger partial charge < -0.3 is 15.0 Å². The number of ether oxygens (including phenoxy) is 1. The van der Waals surface area contributed by atoms with E-state index in [0.717, 1.165) is 34.1 Å². The summed E-state index contributed by atoms with van der Waals surface area (Å²) in [5.41, 5.74) is 1.56. The van der Waals surface area contributed by atoms with Crippen molar-refractivity contribution in [3.05, 3.63) is 124 Å². The average molecular weight is 715 g/mol. The number of nitrogens with zero attached hydrogens (tertiary/aromatic N) is 2. The van der Waals surface area contributed by atoms with E-state index in [9.17, 15) is 22.4 Å². The van der Waals surface area contributed by atoms with Gasteiger partial charge in [0.15, 0.2) is 0 Å². The largest absolute Gasteiger partial charge is 0.494 e. The molecule has 1 atom stereocenters. The number of carbonyl (C=O) groups excluding carboxylic acids is 2. The molecule has 4 rings (SSSR count). The highest BCUT2D eigenvalue weighted by Crippen LogP contribution is 2.28. The third-order valence-corrected chi connectivity index (χ3v) is 9.94. The van der Waals surface area contributed by atoms with Gasteiger partial charge in [0.2, 0.25) is 11.8 Å². The monoisotopic (exact) mass is 713 g/mol. The molecule has 1 N–H and O–H groups in total. The minimum atomic E-state index is -4.40. The highest BCUT2D eigenvalue weighted by molar-refractivity contribution is 7.92. The molecule has 0 aliphatic rings.